The molecule has 138 valence electrons. The molecule has 0 aliphatic carbocycles. The molecule has 0 spiro atoms. The molecule has 2 heterocycles. The van der Waals surface area contributed by atoms with Crippen molar-refractivity contribution in [1.29, 1.82) is 0 Å². The number of halogens is 1. The minimum atomic E-state index is -0.0248. The third-order valence-corrected chi connectivity index (χ3v) is 5.39. The maximum atomic E-state index is 12.7. The standard InChI is InChI=1S/C21H19BrN2O3/c22-18-5-1-15(2-6-18)3-8-20(25)23-9-11-24(12-10-23)21(26)16-4-7-19-17(13-16)14-27-19/h1-8,13H,9-12,14H2/b8-3+. The third-order valence-electron chi connectivity index (χ3n) is 4.86. The number of amides is 2. The van der Waals surface area contributed by atoms with E-state index in [1.807, 2.05) is 47.4 Å². The molecule has 1 saturated heterocycles. The van der Waals surface area contributed by atoms with Crippen LogP contribution in [0.2, 0.25) is 0 Å². The van der Waals surface area contributed by atoms with E-state index in [1.165, 1.54) is 0 Å². The van der Waals surface area contributed by atoms with E-state index in [0.29, 0.717) is 38.3 Å². The Morgan fingerprint density at radius 2 is 1.67 bits per heavy atom. The zero-order chi connectivity index (χ0) is 18.8. The second-order valence-electron chi connectivity index (χ2n) is 6.61. The summed E-state index contributed by atoms with van der Waals surface area (Å²) in [5.41, 5.74) is 2.74. The van der Waals surface area contributed by atoms with Gasteiger partial charge in [0.2, 0.25) is 5.91 Å². The largest absolute Gasteiger partial charge is 0.488 e. The molecule has 27 heavy (non-hydrogen) atoms. The molecule has 2 aromatic rings. The van der Waals surface area contributed by atoms with Crippen molar-refractivity contribution in [3.05, 3.63) is 69.7 Å². The van der Waals surface area contributed by atoms with Crippen LogP contribution in [0.5, 0.6) is 5.75 Å². The Bertz CT molecular complexity index is 900. The second kappa shape index (κ2) is 7.56. The number of benzene rings is 2. The topological polar surface area (TPSA) is 49.9 Å². The van der Waals surface area contributed by atoms with Crippen molar-refractivity contribution in [3.63, 3.8) is 0 Å². The molecule has 6 heteroatoms. The molecule has 0 aromatic heterocycles. The van der Waals surface area contributed by atoms with Gasteiger partial charge in [-0.1, -0.05) is 28.1 Å². The molecule has 5 nitrogen and oxygen atoms in total. The van der Waals surface area contributed by atoms with Gasteiger partial charge in [-0.3, -0.25) is 9.59 Å². The molecule has 2 aromatic carbocycles. The lowest BCUT2D eigenvalue weighted by molar-refractivity contribution is -0.127. The van der Waals surface area contributed by atoms with Crippen molar-refractivity contribution in [1.82, 2.24) is 9.80 Å². The van der Waals surface area contributed by atoms with E-state index >= 15 is 0 Å². The van der Waals surface area contributed by atoms with Crippen LogP contribution in [0.1, 0.15) is 21.5 Å². The summed E-state index contributed by atoms with van der Waals surface area (Å²) in [5.74, 6) is 0.852. The van der Waals surface area contributed by atoms with Gasteiger partial charge in [0.25, 0.3) is 5.91 Å². The fourth-order valence-corrected chi connectivity index (χ4v) is 3.46. The first-order chi connectivity index (χ1) is 13.1. The van der Waals surface area contributed by atoms with Crippen LogP contribution in [0.4, 0.5) is 0 Å². The average molecular weight is 427 g/mol. The number of carbonyl (C=O) groups is 2. The van der Waals surface area contributed by atoms with Gasteiger partial charge in [-0.15, -0.1) is 0 Å². The summed E-state index contributed by atoms with van der Waals surface area (Å²) < 4.78 is 6.29. The Hall–Kier alpha value is -2.60. The van der Waals surface area contributed by atoms with Gasteiger partial charge in [-0.2, -0.15) is 0 Å². The highest BCUT2D eigenvalue weighted by Gasteiger charge is 2.25. The maximum Gasteiger partial charge on any atom is 0.253 e. The van der Waals surface area contributed by atoms with Crippen molar-refractivity contribution < 1.29 is 14.3 Å². The second-order valence-corrected chi connectivity index (χ2v) is 7.53. The molecule has 2 aliphatic rings. The summed E-state index contributed by atoms with van der Waals surface area (Å²) in [4.78, 5) is 28.6. The molecule has 0 atom stereocenters. The fourth-order valence-electron chi connectivity index (χ4n) is 3.20. The number of hydrogen-bond acceptors (Lipinski definition) is 3. The van der Waals surface area contributed by atoms with Crippen molar-refractivity contribution in [2.75, 3.05) is 26.2 Å². The number of nitrogens with zero attached hydrogens (tertiary/aromatic N) is 2. The van der Waals surface area contributed by atoms with Gasteiger partial charge >= 0.3 is 0 Å². The van der Waals surface area contributed by atoms with Crippen molar-refractivity contribution in [3.8, 4) is 5.75 Å². The molecule has 0 unspecified atom stereocenters. The van der Waals surface area contributed by atoms with Crippen molar-refractivity contribution in [2.24, 2.45) is 0 Å². The zero-order valence-corrected chi connectivity index (χ0v) is 16.3. The van der Waals surface area contributed by atoms with Crippen LogP contribution in [0.3, 0.4) is 0 Å². The van der Waals surface area contributed by atoms with Crippen molar-refractivity contribution in [2.45, 2.75) is 6.61 Å². The average Bonchev–Trinajstić information content (AvgIpc) is 2.68. The van der Waals surface area contributed by atoms with Crippen molar-refractivity contribution >= 4 is 33.8 Å². The lowest BCUT2D eigenvalue weighted by Crippen LogP contribution is -2.50. The van der Waals surface area contributed by atoms with E-state index in [4.69, 9.17) is 4.74 Å². The highest BCUT2D eigenvalue weighted by Crippen LogP contribution is 2.29. The van der Waals surface area contributed by atoms with E-state index in [9.17, 15) is 9.59 Å². The number of ether oxygens (including phenoxy) is 1. The van der Waals surface area contributed by atoms with Gasteiger partial charge in [0.1, 0.15) is 12.4 Å². The number of rotatable bonds is 3. The van der Waals surface area contributed by atoms with Crippen LogP contribution in [-0.2, 0) is 11.4 Å². The molecule has 0 bridgehead atoms. The van der Waals surface area contributed by atoms with Crippen LogP contribution in [0, 0.1) is 0 Å². The summed E-state index contributed by atoms with van der Waals surface area (Å²) in [6, 6.07) is 13.3. The SMILES string of the molecule is O=C(/C=C/c1ccc(Br)cc1)N1CCN(C(=O)c2ccc3c(c2)CO3)CC1. The Labute approximate surface area is 166 Å². The maximum absolute atomic E-state index is 12.7. The fraction of sp³-hybridized carbons (Fsp3) is 0.238. The molecule has 2 amide bonds. The normalized spacial score (nSPS) is 15.9. The number of carbonyl (C=O) groups excluding carboxylic acids is 2. The molecule has 0 saturated carbocycles. The number of fused-ring (bicyclic) bond motifs is 1. The van der Waals surface area contributed by atoms with E-state index in [2.05, 4.69) is 15.9 Å². The van der Waals surface area contributed by atoms with Gasteiger partial charge in [0.15, 0.2) is 0 Å². The van der Waals surface area contributed by atoms with E-state index < -0.39 is 0 Å². The first-order valence-electron chi connectivity index (χ1n) is 8.88. The van der Waals surface area contributed by atoms with Gasteiger partial charge < -0.3 is 14.5 Å². The summed E-state index contributed by atoms with van der Waals surface area (Å²) in [6.07, 6.45) is 3.41. The Balaban J connectivity index is 1.32. The summed E-state index contributed by atoms with van der Waals surface area (Å²) in [7, 11) is 0. The van der Waals surface area contributed by atoms with Crippen LogP contribution in [-0.4, -0.2) is 47.8 Å². The summed E-state index contributed by atoms with van der Waals surface area (Å²) in [6.45, 7) is 2.75. The van der Waals surface area contributed by atoms with Crippen LogP contribution in [0.25, 0.3) is 6.08 Å². The summed E-state index contributed by atoms with van der Waals surface area (Å²) >= 11 is 3.40. The van der Waals surface area contributed by atoms with Crippen LogP contribution >= 0.6 is 15.9 Å². The Kier molecular flexibility index (Phi) is 4.99. The predicted octanol–water partition coefficient (Wildman–Crippen LogP) is 3.34. The van der Waals surface area contributed by atoms with E-state index in [-0.39, 0.29) is 11.8 Å². The summed E-state index contributed by atoms with van der Waals surface area (Å²) in [5, 5.41) is 0. The predicted molar refractivity (Wildman–Crippen MR) is 106 cm³/mol. The quantitative estimate of drug-likeness (QED) is 0.707. The number of piperazine rings is 1. The smallest absolute Gasteiger partial charge is 0.253 e. The highest BCUT2D eigenvalue weighted by molar-refractivity contribution is 9.10. The third kappa shape index (κ3) is 3.90. The zero-order valence-electron chi connectivity index (χ0n) is 14.7. The molecule has 0 radical (unpaired) electrons. The lowest BCUT2D eigenvalue weighted by Gasteiger charge is -2.34. The lowest BCUT2D eigenvalue weighted by atomic mass is 10.1. The molecule has 2 aliphatic heterocycles. The molecule has 0 N–H and O–H groups in total. The van der Waals surface area contributed by atoms with Gasteiger partial charge in [0, 0.05) is 47.9 Å². The first-order valence-corrected chi connectivity index (χ1v) is 9.67. The molecule has 4 rings (SSSR count). The first kappa shape index (κ1) is 17.8. The van der Waals surface area contributed by atoms with Crippen LogP contribution in [0.15, 0.2) is 53.0 Å². The molecular weight excluding hydrogens is 408 g/mol. The highest BCUT2D eigenvalue weighted by atomic mass is 79.9. The van der Waals surface area contributed by atoms with E-state index in [0.717, 1.165) is 21.3 Å². The Morgan fingerprint density at radius 3 is 2.30 bits per heavy atom. The van der Waals surface area contributed by atoms with E-state index in [1.54, 1.807) is 17.0 Å². The van der Waals surface area contributed by atoms with Gasteiger partial charge in [-0.05, 0) is 42.0 Å². The Morgan fingerprint density at radius 1 is 0.963 bits per heavy atom. The minimum absolute atomic E-state index is 0.0159. The van der Waals surface area contributed by atoms with Gasteiger partial charge in [0.05, 0.1) is 0 Å². The minimum Gasteiger partial charge on any atom is -0.488 e. The molecule has 1 fully saturated rings. The van der Waals surface area contributed by atoms with Crippen LogP contribution < -0.4 is 4.74 Å². The monoisotopic (exact) mass is 426 g/mol. The number of hydrogen-bond donors (Lipinski definition) is 0. The van der Waals surface area contributed by atoms with Gasteiger partial charge in [-0.25, -0.2) is 0 Å². The molecular formula is C21H19BrN2O3.